The number of unbranched alkanes of at least 4 members (excludes halogenated alkanes) is 2. The number of ether oxygens (including phenoxy) is 3. The summed E-state index contributed by atoms with van der Waals surface area (Å²) in [5.41, 5.74) is 0.359. The van der Waals surface area contributed by atoms with E-state index < -0.39 is 39.3 Å². The maximum Gasteiger partial charge on any atom is 0.333 e. The molecule has 0 aromatic rings. The summed E-state index contributed by atoms with van der Waals surface area (Å²) in [6.07, 6.45) is 0.322. The molecule has 192 valence electrons. The van der Waals surface area contributed by atoms with Crippen molar-refractivity contribution in [2.45, 2.75) is 64.6 Å². The van der Waals surface area contributed by atoms with Crippen LogP contribution in [0.25, 0.3) is 0 Å². The van der Waals surface area contributed by atoms with Gasteiger partial charge in [-0.3, -0.25) is 9.13 Å². The van der Waals surface area contributed by atoms with Gasteiger partial charge in [-0.25, -0.2) is 9.59 Å². The Hall–Kier alpha value is -1.32. The van der Waals surface area contributed by atoms with Crippen molar-refractivity contribution < 1.29 is 52.5 Å². The third-order valence-corrected chi connectivity index (χ3v) is 6.13. The Kier molecular flexibility index (Phi) is 14.9. The van der Waals surface area contributed by atoms with E-state index in [9.17, 15) is 18.7 Å². The summed E-state index contributed by atoms with van der Waals surface area (Å²) in [6.45, 7) is 9.48. The first-order valence-electron chi connectivity index (χ1n) is 10.5. The number of hydrogen-bond donors (Lipinski definition) is 4. The predicted octanol–water partition coefficient (Wildman–Crippen LogP) is 2.67. The average Bonchev–Trinajstić information content (AvgIpc) is 2.67. The summed E-state index contributed by atoms with van der Waals surface area (Å²) in [4.78, 5) is 59.5. The van der Waals surface area contributed by atoms with Crippen LogP contribution < -0.4 is 0 Å². The lowest BCUT2D eigenvalue weighted by molar-refractivity contribution is -0.154. The van der Waals surface area contributed by atoms with Gasteiger partial charge in [-0.2, -0.15) is 0 Å². The van der Waals surface area contributed by atoms with Gasteiger partial charge in [0, 0.05) is 23.5 Å². The van der Waals surface area contributed by atoms with Crippen LogP contribution in [0.4, 0.5) is 0 Å². The predicted molar refractivity (Wildman–Crippen MR) is 122 cm³/mol. The highest BCUT2D eigenvalue weighted by Crippen LogP contribution is 2.36. The van der Waals surface area contributed by atoms with Gasteiger partial charge in [-0.1, -0.05) is 26.0 Å². The normalized spacial score (nSPS) is 12.1. The largest absolute Gasteiger partial charge is 0.459 e. The van der Waals surface area contributed by atoms with Crippen LogP contribution >= 0.6 is 15.2 Å². The SMILES string of the molecule is C=C(C)C(=O)OCC(COC(=O)C(=C)C)OC(CCCCP(=O)(O)O)CCCCP(=O)(O)O. The second-order valence-electron chi connectivity index (χ2n) is 7.91. The van der Waals surface area contributed by atoms with E-state index >= 15 is 0 Å². The van der Waals surface area contributed by atoms with Crippen molar-refractivity contribution in [1.29, 1.82) is 0 Å². The first kappa shape index (κ1) is 31.7. The van der Waals surface area contributed by atoms with Crippen molar-refractivity contribution >= 4 is 27.1 Å². The molecule has 0 saturated heterocycles. The minimum absolute atomic E-state index is 0.180. The van der Waals surface area contributed by atoms with Crippen LogP contribution in [-0.4, -0.2) is 69.3 Å². The third-order valence-electron chi connectivity index (χ3n) is 4.33. The van der Waals surface area contributed by atoms with Gasteiger partial charge in [0.15, 0.2) is 0 Å². The molecule has 0 radical (unpaired) electrons. The summed E-state index contributed by atoms with van der Waals surface area (Å²) in [5, 5.41) is 0. The fourth-order valence-corrected chi connectivity index (χ4v) is 3.91. The van der Waals surface area contributed by atoms with Crippen LogP contribution in [0.5, 0.6) is 0 Å². The Balaban J connectivity index is 5.11. The van der Waals surface area contributed by atoms with Gasteiger partial charge in [-0.15, -0.1) is 0 Å². The Bertz CT molecular complexity index is 693. The minimum atomic E-state index is -4.12. The molecule has 0 amide bonds. The maximum atomic E-state index is 11.7. The van der Waals surface area contributed by atoms with Gasteiger partial charge in [0.2, 0.25) is 0 Å². The molecule has 0 unspecified atom stereocenters. The topological polar surface area (TPSA) is 177 Å². The molecule has 0 heterocycles. The van der Waals surface area contributed by atoms with E-state index in [0.717, 1.165) is 0 Å². The van der Waals surface area contributed by atoms with Crippen LogP contribution in [0.3, 0.4) is 0 Å². The second kappa shape index (κ2) is 15.6. The van der Waals surface area contributed by atoms with Crippen molar-refractivity contribution in [3.8, 4) is 0 Å². The molecule has 33 heavy (non-hydrogen) atoms. The molecule has 0 fully saturated rings. The van der Waals surface area contributed by atoms with Crippen LogP contribution in [0.2, 0.25) is 0 Å². The van der Waals surface area contributed by atoms with Gasteiger partial charge in [0.1, 0.15) is 19.3 Å². The summed E-state index contributed by atoms with van der Waals surface area (Å²) in [7, 11) is -8.24. The summed E-state index contributed by atoms with van der Waals surface area (Å²) in [6, 6.07) is 0. The first-order chi connectivity index (χ1) is 15.1. The zero-order valence-electron chi connectivity index (χ0n) is 19.2. The van der Waals surface area contributed by atoms with Crippen LogP contribution in [-0.2, 0) is 32.9 Å². The Morgan fingerprint density at radius 2 is 1.09 bits per heavy atom. The van der Waals surface area contributed by atoms with Crippen LogP contribution in [0, 0.1) is 0 Å². The van der Waals surface area contributed by atoms with Crippen LogP contribution in [0.15, 0.2) is 24.3 Å². The van der Waals surface area contributed by atoms with E-state index in [-0.39, 0.29) is 49.5 Å². The minimum Gasteiger partial charge on any atom is -0.459 e. The summed E-state index contributed by atoms with van der Waals surface area (Å²) >= 11 is 0. The molecule has 0 bridgehead atoms. The van der Waals surface area contributed by atoms with Crippen molar-refractivity contribution in [2.75, 3.05) is 25.5 Å². The monoisotopic (exact) mass is 514 g/mol. The maximum absolute atomic E-state index is 11.7. The van der Waals surface area contributed by atoms with E-state index in [1.54, 1.807) is 0 Å². The van der Waals surface area contributed by atoms with Gasteiger partial charge >= 0.3 is 27.1 Å². The Morgan fingerprint density at radius 3 is 1.39 bits per heavy atom. The van der Waals surface area contributed by atoms with E-state index in [1.165, 1.54) is 13.8 Å². The molecule has 13 heteroatoms. The highest BCUT2D eigenvalue weighted by atomic mass is 31.2. The number of esters is 2. The molecule has 0 atom stereocenters. The first-order valence-corrected chi connectivity index (χ1v) is 14.1. The smallest absolute Gasteiger partial charge is 0.333 e. The zero-order chi connectivity index (χ0) is 25.7. The molecular weight excluding hydrogens is 478 g/mol. The van der Waals surface area contributed by atoms with Crippen molar-refractivity contribution in [2.24, 2.45) is 0 Å². The quantitative estimate of drug-likeness (QED) is 0.0915. The Labute approximate surface area is 194 Å². The van der Waals surface area contributed by atoms with Gasteiger partial charge in [0.05, 0.1) is 6.10 Å². The van der Waals surface area contributed by atoms with Crippen molar-refractivity contribution in [3.63, 3.8) is 0 Å². The lowest BCUT2D eigenvalue weighted by Crippen LogP contribution is -2.33. The van der Waals surface area contributed by atoms with Gasteiger partial charge in [0.25, 0.3) is 0 Å². The second-order valence-corrected chi connectivity index (χ2v) is 11.5. The average molecular weight is 514 g/mol. The molecule has 0 aliphatic carbocycles. The number of hydrogen-bond acceptors (Lipinski definition) is 7. The molecule has 0 aromatic carbocycles. The number of carbonyl (C=O) groups is 2. The van der Waals surface area contributed by atoms with E-state index in [4.69, 9.17) is 33.8 Å². The fourth-order valence-electron chi connectivity index (χ4n) is 2.64. The molecule has 4 N–H and O–H groups in total. The van der Waals surface area contributed by atoms with Crippen molar-refractivity contribution in [3.05, 3.63) is 24.3 Å². The van der Waals surface area contributed by atoms with E-state index in [0.29, 0.717) is 25.7 Å². The standard InChI is InChI=1S/C20H36O11P2/c1-15(2)19(21)29-13-18(14-30-20(22)16(3)4)31-17(9-5-7-11-32(23,24)25)10-6-8-12-33(26,27)28/h17-18H,1,3,5-14H2,2,4H3,(H2,23,24,25)(H2,26,27,28). The van der Waals surface area contributed by atoms with Gasteiger partial charge in [-0.05, 0) is 39.5 Å². The van der Waals surface area contributed by atoms with Crippen molar-refractivity contribution in [1.82, 2.24) is 0 Å². The Morgan fingerprint density at radius 1 is 0.727 bits per heavy atom. The lowest BCUT2D eigenvalue weighted by atomic mass is 10.1. The molecule has 0 spiro atoms. The lowest BCUT2D eigenvalue weighted by Gasteiger charge is -2.25. The highest BCUT2D eigenvalue weighted by Gasteiger charge is 2.22. The van der Waals surface area contributed by atoms with Gasteiger partial charge < -0.3 is 33.8 Å². The van der Waals surface area contributed by atoms with Crippen LogP contribution in [0.1, 0.15) is 52.4 Å². The molecule has 0 saturated carbocycles. The molecule has 0 aliphatic heterocycles. The molecule has 11 nitrogen and oxygen atoms in total. The molecule has 0 aliphatic rings. The third kappa shape index (κ3) is 18.8. The van der Waals surface area contributed by atoms with E-state index in [1.807, 2.05) is 0 Å². The molecular formula is C20H36O11P2. The zero-order valence-corrected chi connectivity index (χ0v) is 21.0. The molecule has 0 aromatic heterocycles. The number of carbonyl (C=O) groups excluding carboxylic acids is 2. The fraction of sp³-hybridized carbons (Fsp3) is 0.700. The highest BCUT2D eigenvalue weighted by molar-refractivity contribution is 7.52. The number of rotatable bonds is 18. The summed E-state index contributed by atoms with van der Waals surface area (Å²) in [5.74, 6) is -1.29. The molecule has 0 rings (SSSR count). The summed E-state index contributed by atoms with van der Waals surface area (Å²) < 4.78 is 38.3. The van der Waals surface area contributed by atoms with E-state index in [2.05, 4.69) is 13.2 Å².